The highest BCUT2D eigenvalue weighted by molar-refractivity contribution is 8.02. The minimum Gasteiger partial charge on any atom is -0.300 e. The first-order chi connectivity index (χ1) is 15.9. The van der Waals surface area contributed by atoms with E-state index in [4.69, 9.17) is 11.6 Å². The molecule has 0 saturated carbocycles. The molecule has 3 aromatic rings. The lowest BCUT2D eigenvalue weighted by atomic mass is 10.3. The van der Waals surface area contributed by atoms with Crippen molar-refractivity contribution in [2.45, 2.75) is 34.3 Å². The van der Waals surface area contributed by atoms with Crippen molar-refractivity contribution in [1.29, 1.82) is 0 Å². The quantitative estimate of drug-likeness (QED) is 0.315. The third-order valence-corrected chi connectivity index (χ3v) is 7.17. The number of carbonyl (C=O) groups excluding carboxylic acids is 1. The molecule has 0 amide bonds. The summed E-state index contributed by atoms with van der Waals surface area (Å²) in [5.74, 6) is -0.554. The second-order valence-corrected chi connectivity index (χ2v) is 9.56. The molecule has 2 aromatic heterocycles. The molecule has 0 aliphatic carbocycles. The standard InChI is InChI=1S/C21H16ClF4N3O3S2/c1-11(30)5-7-33-19-15(4-3-6-27-19)34-16-9-14(13(23)8-12(16)22)29-18(31)10-17(21(24,25)26)28(2)20(29)32/h3-4,6,8-10H,5,7H2,1-2H3. The van der Waals surface area contributed by atoms with Crippen molar-refractivity contribution in [3.63, 3.8) is 0 Å². The van der Waals surface area contributed by atoms with Crippen LogP contribution in [-0.4, -0.2) is 25.7 Å². The fourth-order valence-corrected chi connectivity index (χ4v) is 5.21. The number of halogens is 5. The maximum absolute atomic E-state index is 14.7. The van der Waals surface area contributed by atoms with Gasteiger partial charge < -0.3 is 0 Å². The zero-order chi connectivity index (χ0) is 25.2. The van der Waals surface area contributed by atoms with E-state index in [-0.39, 0.29) is 26.3 Å². The Morgan fingerprint density at radius 2 is 1.88 bits per heavy atom. The molecule has 0 aliphatic rings. The van der Waals surface area contributed by atoms with Crippen molar-refractivity contribution in [2.24, 2.45) is 7.05 Å². The molecule has 0 fully saturated rings. The molecule has 0 saturated heterocycles. The van der Waals surface area contributed by atoms with Crippen molar-refractivity contribution < 1.29 is 22.4 Å². The molecule has 0 unspecified atom stereocenters. The van der Waals surface area contributed by atoms with Gasteiger partial charge in [-0.15, -0.1) is 11.8 Å². The largest absolute Gasteiger partial charge is 0.431 e. The molecule has 180 valence electrons. The van der Waals surface area contributed by atoms with Crippen LogP contribution in [0.4, 0.5) is 17.6 Å². The lowest BCUT2D eigenvalue weighted by molar-refractivity contribution is -0.144. The van der Waals surface area contributed by atoms with Crippen LogP contribution in [0.15, 0.2) is 60.9 Å². The van der Waals surface area contributed by atoms with Crippen molar-refractivity contribution in [2.75, 3.05) is 5.75 Å². The number of alkyl halides is 3. The number of aromatic nitrogens is 3. The SMILES string of the molecule is CC(=O)CCSc1ncccc1Sc1cc(-n2c(=O)cc(C(F)(F)F)n(C)c2=O)c(F)cc1Cl. The van der Waals surface area contributed by atoms with Gasteiger partial charge in [-0.2, -0.15) is 13.2 Å². The average molecular weight is 534 g/mol. The van der Waals surface area contributed by atoms with E-state index in [1.807, 2.05) is 0 Å². The zero-order valence-corrected chi connectivity index (χ0v) is 20.0. The Balaban J connectivity index is 2.07. The van der Waals surface area contributed by atoms with Crippen LogP contribution >= 0.6 is 35.1 Å². The normalized spacial score (nSPS) is 11.6. The van der Waals surface area contributed by atoms with Gasteiger partial charge in [0, 0.05) is 41.3 Å². The lowest BCUT2D eigenvalue weighted by Crippen LogP contribution is -2.41. The molecule has 0 bridgehead atoms. The van der Waals surface area contributed by atoms with E-state index in [0.717, 1.165) is 30.9 Å². The van der Waals surface area contributed by atoms with Gasteiger partial charge in [0.15, 0.2) is 0 Å². The highest BCUT2D eigenvalue weighted by Crippen LogP contribution is 2.39. The van der Waals surface area contributed by atoms with Gasteiger partial charge in [0.05, 0.1) is 10.7 Å². The van der Waals surface area contributed by atoms with Crippen LogP contribution < -0.4 is 11.2 Å². The van der Waals surface area contributed by atoms with E-state index in [1.54, 1.807) is 18.3 Å². The smallest absolute Gasteiger partial charge is 0.300 e. The van der Waals surface area contributed by atoms with Gasteiger partial charge >= 0.3 is 11.9 Å². The average Bonchev–Trinajstić information content (AvgIpc) is 2.74. The van der Waals surface area contributed by atoms with Gasteiger partial charge in [0.1, 0.15) is 22.3 Å². The Kier molecular flexibility index (Phi) is 7.94. The van der Waals surface area contributed by atoms with Crippen molar-refractivity contribution >= 4 is 40.9 Å². The van der Waals surface area contributed by atoms with Crippen molar-refractivity contribution in [1.82, 2.24) is 14.1 Å². The summed E-state index contributed by atoms with van der Waals surface area (Å²) >= 11 is 8.58. The number of ketones is 1. The molecule has 13 heteroatoms. The summed E-state index contributed by atoms with van der Waals surface area (Å²) < 4.78 is 54.6. The minimum absolute atomic E-state index is 0.0208. The van der Waals surface area contributed by atoms with Crippen LogP contribution in [0.1, 0.15) is 19.0 Å². The Hall–Kier alpha value is -2.57. The zero-order valence-electron chi connectivity index (χ0n) is 17.7. The second kappa shape index (κ2) is 10.4. The Morgan fingerprint density at radius 3 is 2.53 bits per heavy atom. The van der Waals surface area contributed by atoms with Crippen molar-refractivity contribution in [3.05, 3.63) is 73.9 Å². The van der Waals surface area contributed by atoms with E-state index in [1.165, 1.54) is 18.7 Å². The maximum atomic E-state index is 14.7. The molecule has 34 heavy (non-hydrogen) atoms. The molecule has 2 heterocycles. The lowest BCUT2D eigenvalue weighted by Gasteiger charge is -2.15. The van der Waals surface area contributed by atoms with Gasteiger partial charge in [-0.05, 0) is 31.2 Å². The summed E-state index contributed by atoms with van der Waals surface area (Å²) in [5.41, 5.74) is -4.69. The monoisotopic (exact) mass is 533 g/mol. The summed E-state index contributed by atoms with van der Waals surface area (Å²) in [6.45, 7) is 1.47. The molecule has 0 N–H and O–H groups in total. The fraction of sp³-hybridized carbons (Fsp3) is 0.238. The number of benzene rings is 1. The van der Waals surface area contributed by atoms with Gasteiger partial charge in [-0.1, -0.05) is 23.4 Å². The highest BCUT2D eigenvalue weighted by atomic mass is 35.5. The molecule has 6 nitrogen and oxygen atoms in total. The van der Waals surface area contributed by atoms with Crippen LogP contribution in [0, 0.1) is 5.82 Å². The summed E-state index contributed by atoms with van der Waals surface area (Å²) in [6, 6.07) is 5.60. The molecule has 1 aromatic carbocycles. The highest BCUT2D eigenvalue weighted by Gasteiger charge is 2.35. The van der Waals surface area contributed by atoms with E-state index >= 15 is 0 Å². The van der Waals surface area contributed by atoms with E-state index in [0.29, 0.717) is 26.7 Å². The van der Waals surface area contributed by atoms with Gasteiger partial charge in [-0.25, -0.2) is 18.7 Å². The number of pyridine rings is 1. The number of hydrogen-bond acceptors (Lipinski definition) is 6. The Labute approximate surface area is 204 Å². The Bertz CT molecular complexity index is 1370. The number of rotatable bonds is 7. The molecular formula is C21H16ClF4N3O3S2. The van der Waals surface area contributed by atoms with Crippen LogP contribution in [-0.2, 0) is 18.0 Å². The first-order valence-corrected chi connectivity index (χ1v) is 11.7. The molecule has 0 atom stereocenters. The molecule has 0 spiro atoms. The topological polar surface area (TPSA) is 74.0 Å². The molecule has 0 radical (unpaired) electrons. The van der Waals surface area contributed by atoms with E-state index in [2.05, 4.69) is 4.98 Å². The maximum Gasteiger partial charge on any atom is 0.431 e. The van der Waals surface area contributed by atoms with E-state index in [9.17, 15) is 31.9 Å². The van der Waals surface area contributed by atoms with Gasteiger partial charge in [0.2, 0.25) is 0 Å². The summed E-state index contributed by atoms with van der Waals surface area (Å²) in [6.07, 6.45) is -3.04. The van der Waals surface area contributed by atoms with Crippen LogP contribution in [0.5, 0.6) is 0 Å². The van der Waals surface area contributed by atoms with Crippen molar-refractivity contribution in [3.8, 4) is 5.69 Å². The van der Waals surface area contributed by atoms with Crippen LogP contribution in [0.2, 0.25) is 5.02 Å². The molecule has 3 rings (SSSR count). The summed E-state index contributed by atoms with van der Waals surface area (Å²) in [5, 5.41) is 0.546. The first kappa shape index (κ1) is 26.0. The molecular weight excluding hydrogens is 518 g/mol. The van der Waals surface area contributed by atoms with Gasteiger partial charge in [0.25, 0.3) is 5.56 Å². The summed E-state index contributed by atoms with van der Waals surface area (Å²) in [7, 11) is 0.838. The number of hydrogen-bond donors (Lipinski definition) is 0. The number of carbonyl (C=O) groups is 1. The third kappa shape index (κ3) is 5.73. The minimum atomic E-state index is -4.94. The fourth-order valence-electron chi connectivity index (χ4n) is 2.86. The third-order valence-electron chi connectivity index (χ3n) is 4.50. The van der Waals surface area contributed by atoms with Crippen LogP contribution in [0.3, 0.4) is 0 Å². The predicted molar refractivity (Wildman–Crippen MR) is 122 cm³/mol. The Morgan fingerprint density at radius 1 is 1.18 bits per heavy atom. The predicted octanol–water partition coefficient (Wildman–Crippen LogP) is 4.96. The van der Waals surface area contributed by atoms with E-state index < -0.39 is 34.6 Å². The number of Topliss-reactive ketones (excluding diaryl/α,β-unsaturated/α-hetero) is 1. The molecule has 0 aliphatic heterocycles. The second-order valence-electron chi connectivity index (χ2n) is 6.99. The first-order valence-electron chi connectivity index (χ1n) is 9.55. The van der Waals surface area contributed by atoms with Crippen LogP contribution in [0.25, 0.3) is 5.69 Å². The van der Waals surface area contributed by atoms with Gasteiger partial charge in [-0.3, -0.25) is 14.2 Å². The number of thioether (sulfide) groups is 1. The summed E-state index contributed by atoms with van der Waals surface area (Å²) in [4.78, 5) is 41.3. The number of nitrogens with zero attached hydrogens (tertiary/aromatic N) is 3.